The monoisotopic (exact) mass is 648 g/mol. The molecule has 0 aliphatic carbocycles. The van der Waals surface area contributed by atoms with Gasteiger partial charge in [0.2, 0.25) is 0 Å². The van der Waals surface area contributed by atoms with E-state index in [2.05, 4.69) is 4.74 Å². The number of ether oxygens (including phenoxy) is 4. The SMILES string of the molecule is COC(F)(F)C(F)(OC(F)(F)C(F)(OC(F)(F)C(F)(OC(F)(F)C(F)(F)F)C(F)(F)F)C(F)(F)F)C(F)(F)F. The standard InChI is InChI=1S/C12H3F23O4/c1-36-9(28,29)2(13,5(16,17)18)37-10(30,31)3(14,6(19,20)21)38-11(32,33)4(15,7(22,23)24)39-12(34,35)8(25,26)27/h1H3. The highest BCUT2D eigenvalue weighted by Crippen LogP contribution is 2.59. The molecule has 0 aromatic carbocycles. The average molecular weight is 648 g/mol. The first-order chi connectivity index (χ1) is 16.4. The number of hydrogen-bond acceptors (Lipinski definition) is 4. The third-order valence-electron chi connectivity index (χ3n) is 3.61. The zero-order chi connectivity index (χ0) is 32.3. The van der Waals surface area contributed by atoms with Crippen molar-refractivity contribution < 1.29 is 120 Å². The van der Waals surface area contributed by atoms with Gasteiger partial charge >= 0.3 is 66.7 Å². The Morgan fingerprint density at radius 3 is 0.667 bits per heavy atom. The maximum Gasteiger partial charge on any atom is 0.483 e. The molecule has 0 amide bonds. The minimum Gasteiger partial charge on any atom is -0.319 e. The second-order valence-electron chi connectivity index (χ2n) is 6.35. The largest absolute Gasteiger partial charge is 0.483 e. The van der Waals surface area contributed by atoms with Crippen LogP contribution in [0.3, 0.4) is 0 Å². The lowest BCUT2D eigenvalue weighted by molar-refractivity contribution is -0.587. The summed E-state index contributed by atoms with van der Waals surface area (Å²) in [6, 6.07) is 0. The number of rotatable bonds is 10. The Hall–Kier alpha value is -1.77. The Morgan fingerprint density at radius 1 is 0.282 bits per heavy atom. The highest BCUT2D eigenvalue weighted by molar-refractivity contribution is 4.97. The van der Waals surface area contributed by atoms with Crippen LogP contribution in [0.25, 0.3) is 0 Å². The van der Waals surface area contributed by atoms with Gasteiger partial charge in [0.25, 0.3) is 0 Å². The second kappa shape index (κ2) is 9.66. The molecular weight excluding hydrogens is 645 g/mol. The highest BCUT2D eigenvalue weighted by Gasteiger charge is 2.88. The molecule has 39 heavy (non-hydrogen) atoms. The Morgan fingerprint density at radius 2 is 0.487 bits per heavy atom. The number of halogens is 23. The van der Waals surface area contributed by atoms with Crippen LogP contribution in [0.15, 0.2) is 0 Å². The summed E-state index contributed by atoms with van der Waals surface area (Å²) in [7, 11) is -0.738. The van der Waals surface area contributed by atoms with Crippen molar-refractivity contribution in [3.05, 3.63) is 0 Å². The minimum absolute atomic E-state index is 0.738. The van der Waals surface area contributed by atoms with Crippen molar-refractivity contribution in [1.82, 2.24) is 0 Å². The van der Waals surface area contributed by atoms with Crippen LogP contribution in [-0.2, 0) is 18.9 Å². The molecule has 3 unspecified atom stereocenters. The van der Waals surface area contributed by atoms with Crippen molar-refractivity contribution in [3.8, 4) is 0 Å². The van der Waals surface area contributed by atoms with Crippen molar-refractivity contribution in [3.63, 3.8) is 0 Å². The Balaban J connectivity index is 7.24. The normalized spacial score (nSPS) is 20.3. The van der Waals surface area contributed by atoms with E-state index in [9.17, 15) is 101 Å². The quantitative estimate of drug-likeness (QED) is 0.233. The molecule has 0 aromatic rings. The molecule has 0 aromatic heterocycles. The van der Waals surface area contributed by atoms with Gasteiger partial charge in [-0.2, -0.15) is 101 Å². The van der Waals surface area contributed by atoms with Crippen molar-refractivity contribution in [2.24, 2.45) is 0 Å². The molecule has 0 rings (SSSR count). The highest BCUT2D eigenvalue weighted by atomic mass is 19.4. The minimum atomic E-state index is -8.64. The van der Waals surface area contributed by atoms with E-state index in [0.29, 0.717) is 0 Å². The van der Waals surface area contributed by atoms with E-state index in [4.69, 9.17) is 0 Å². The lowest BCUT2D eigenvalue weighted by Gasteiger charge is -2.43. The van der Waals surface area contributed by atoms with Gasteiger partial charge in [-0.15, -0.1) is 0 Å². The number of hydrogen-bond donors (Lipinski definition) is 0. The number of methoxy groups -OCH3 is 1. The Labute approximate surface area is 195 Å². The molecular formula is C12H3F23O4. The van der Waals surface area contributed by atoms with Gasteiger partial charge in [0.05, 0.1) is 0 Å². The van der Waals surface area contributed by atoms with Gasteiger partial charge in [-0.25, -0.2) is 0 Å². The molecule has 0 heterocycles. The van der Waals surface area contributed by atoms with Crippen LogP contribution in [0.2, 0.25) is 0 Å². The first kappa shape index (κ1) is 37.2. The fourth-order valence-corrected chi connectivity index (χ4v) is 1.70. The predicted molar refractivity (Wildman–Crippen MR) is 65.8 cm³/mol. The predicted octanol–water partition coefficient (Wildman–Crippen LogP) is 7.30. The van der Waals surface area contributed by atoms with Gasteiger partial charge in [0, 0.05) is 7.11 Å². The summed E-state index contributed by atoms with van der Waals surface area (Å²) >= 11 is 0. The molecule has 0 bridgehead atoms. The summed E-state index contributed by atoms with van der Waals surface area (Å²) in [5.41, 5.74) is 0. The summed E-state index contributed by atoms with van der Waals surface area (Å²) in [6.07, 6.45) is -64.2. The van der Waals surface area contributed by atoms with Gasteiger partial charge in [0.15, 0.2) is 0 Å². The topological polar surface area (TPSA) is 36.9 Å². The van der Waals surface area contributed by atoms with Gasteiger partial charge in [0.1, 0.15) is 0 Å². The zero-order valence-electron chi connectivity index (χ0n) is 16.8. The zero-order valence-corrected chi connectivity index (χ0v) is 16.8. The van der Waals surface area contributed by atoms with Crippen molar-refractivity contribution in [2.45, 2.75) is 66.7 Å². The van der Waals surface area contributed by atoms with E-state index in [1.54, 1.807) is 0 Å². The molecule has 0 spiro atoms. The van der Waals surface area contributed by atoms with Crippen LogP contribution in [0.1, 0.15) is 0 Å². The van der Waals surface area contributed by atoms with E-state index >= 15 is 0 Å². The molecule has 236 valence electrons. The van der Waals surface area contributed by atoms with Gasteiger partial charge in [-0.05, 0) is 0 Å². The summed E-state index contributed by atoms with van der Waals surface area (Å²) in [5, 5.41) is 0. The number of alkyl halides is 23. The summed E-state index contributed by atoms with van der Waals surface area (Å²) < 4.78 is 304. The summed E-state index contributed by atoms with van der Waals surface area (Å²) in [5.74, 6) is -24.9. The van der Waals surface area contributed by atoms with E-state index < -0.39 is 73.8 Å². The molecule has 0 radical (unpaired) electrons. The van der Waals surface area contributed by atoms with E-state index in [1.165, 1.54) is 4.74 Å². The first-order valence-corrected chi connectivity index (χ1v) is 7.93. The summed E-state index contributed by atoms with van der Waals surface area (Å²) in [4.78, 5) is 0. The third kappa shape index (κ3) is 6.28. The smallest absolute Gasteiger partial charge is 0.319 e. The Kier molecular flexibility index (Phi) is 9.22. The maximum absolute atomic E-state index is 14.0. The van der Waals surface area contributed by atoms with E-state index in [-0.39, 0.29) is 0 Å². The van der Waals surface area contributed by atoms with Gasteiger partial charge < -0.3 is 4.74 Å². The van der Waals surface area contributed by atoms with E-state index in [0.717, 1.165) is 9.47 Å². The van der Waals surface area contributed by atoms with E-state index in [1.807, 2.05) is 0 Å². The lowest BCUT2D eigenvalue weighted by Crippen LogP contribution is -2.71. The van der Waals surface area contributed by atoms with Crippen LogP contribution in [0.4, 0.5) is 101 Å². The van der Waals surface area contributed by atoms with Crippen LogP contribution in [0, 0.1) is 0 Å². The van der Waals surface area contributed by atoms with Crippen molar-refractivity contribution >= 4 is 0 Å². The first-order valence-electron chi connectivity index (χ1n) is 7.93. The molecule has 0 saturated heterocycles. The van der Waals surface area contributed by atoms with Crippen LogP contribution < -0.4 is 0 Å². The average Bonchev–Trinajstić information content (AvgIpc) is 2.62. The second-order valence-corrected chi connectivity index (χ2v) is 6.35. The van der Waals surface area contributed by atoms with Gasteiger partial charge in [-0.1, -0.05) is 0 Å². The summed E-state index contributed by atoms with van der Waals surface area (Å²) in [6.45, 7) is 0. The molecule has 0 aliphatic heterocycles. The molecule has 0 N–H and O–H groups in total. The molecule has 3 atom stereocenters. The maximum atomic E-state index is 14.0. The van der Waals surface area contributed by atoms with Crippen molar-refractivity contribution in [1.29, 1.82) is 0 Å². The fourth-order valence-electron chi connectivity index (χ4n) is 1.70. The van der Waals surface area contributed by atoms with Crippen molar-refractivity contribution in [2.75, 3.05) is 7.11 Å². The molecule has 0 fully saturated rings. The third-order valence-corrected chi connectivity index (χ3v) is 3.61. The van der Waals surface area contributed by atoms with Crippen LogP contribution in [0.5, 0.6) is 0 Å². The fraction of sp³-hybridized carbons (Fsp3) is 1.00. The molecule has 4 nitrogen and oxygen atoms in total. The van der Waals surface area contributed by atoms with Gasteiger partial charge in [-0.3, -0.25) is 14.2 Å². The van der Waals surface area contributed by atoms with Crippen LogP contribution in [-0.4, -0.2) is 73.8 Å². The molecule has 0 aliphatic rings. The lowest BCUT2D eigenvalue weighted by atomic mass is 10.2. The molecule has 0 saturated carbocycles. The van der Waals surface area contributed by atoms with Crippen LogP contribution >= 0.6 is 0 Å². The Bertz CT molecular complexity index is 855. The molecule has 27 heteroatoms.